The minimum Gasteiger partial charge on any atom is -0.497 e. The number of hydrogen-bond donors (Lipinski definition) is 0. The molecule has 0 spiro atoms. The van der Waals surface area contributed by atoms with Crippen molar-refractivity contribution in [3.8, 4) is 17.6 Å². The van der Waals surface area contributed by atoms with Crippen molar-refractivity contribution >= 4 is 18.0 Å². The van der Waals surface area contributed by atoms with Gasteiger partial charge in [0.15, 0.2) is 6.61 Å². The van der Waals surface area contributed by atoms with Gasteiger partial charge < -0.3 is 19.1 Å². The Morgan fingerprint density at radius 2 is 1.75 bits per heavy atom. The van der Waals surface area contributed by atoms with Crippen LogP contribution in [0.3, 0.4) is 0 Å². The standard InChI is InChI=1S/C21H26N2O5/c1-23(21(15-22)9-5-4-6-10-21)19(24)14-28-20(25)8-7-16-11-17(26-2)13-18(12-16)27-3/h7-8,11-13H,4-6,9-10,14H2,1-3H3/b8-7+. The van der Waals surface area contributed by atoms with E-state index in [0.29, 0.717) is 29.9 Å². The lowest BCUT2D eigenvalue weighted by Crippen LogP contribution is -2.51. The second-order valence-corrected chi connectivity index (χ2v) is 6.74. The zero-order valence-corrected chi connectivity index (χ0v) is 16.6. The quantitative estimate of drug-likeness (QED) is 0.529. The van der Waals surface area contributed by atoms with Crippen LogP contribution < -0.4 is 9.47 Å². The van der Waals surface area contributed by atoms with Crippen LogP contribution in [-0.4, -0.2) is 50.2 Å². The highest BCUT2D eigenvalue weighted by atomic mass is 16.5. The summed E-state index contributed by atoms with van der Waals surface area (Å²) in [7, 11) is 4.68. The molecule has 2 rings (SSSR count). The van der Waals surface area contributed by atoms with Crippen LogP contribution in [0.25, 0.3) is 6.08 Å². The van der Waals surface area contributed by atoms with E-state index >= 15 is 0 Å². The molecule has 0 saturated heterocycles. The average molecular weight is 386 g/mol. The molecule has 0 aliphatic heterocycles. The van der Waals surface area contributed by atoms with Crippen molar-refractivity contribution in [2.45, 2.75) is 37.6 Å². The number of nitriles is 1. The maximum atomic E-state index is 12.4. The van der Waals surface area contributed by atoms with Crippen LogP contribution in [0.1, 0.15) is 37.7 Å². The topological polar surface area (TPSA) is 88.9 Å². The average Bonchev–Trinajstić information content (AvgIpc) is 2.75. The van der Waals surface area contributed by atoms with E-state index in [1.54, 1.807) is 45.5 Å². The molecule has 150 valence electrons. The fourth-order valence-corrected chi connectivity index (χ4v) is 3.27. The van der Waals surface area contributed by atoms with Crippen LogP contribution in [-0.2, 0) is 14.3 Å². The van der Waals surface area contributed by atoms with Crippen LogP contribution in [0, 0.1) is 11.3 Å². The van der Waals surface area contributed by atoms with E-state index in [1.807, 2.05) is 0 Å². The summed E-state index contributed by atoms with van der Waals surface area (Å²) in [6.45, 7) is -0.398. The van der Waals surface area contributed by atoms with Crippen molar-refractivity contribution < 1.29 is 23.8 Å². The van der Waals surface area contributed by atoms with Crippen LogP contribution in [0.4, 0.5) is 0 Å². The van der Waals surface area contributed by atoms with Crippen molar-refractivity contribution in [2.75, 3.05) is 27.9 Å². The van der Waals surface area contributed by atoms with Crippen LogP contribution in [0.5, 0.6) is 11.5 Å². The predicted octanol–water partition coefficient (Wildman–Crippen LogP) is 2.95. The highest BCUT2D eigenvalue weighted by molar-refractivity contribution is 5.89. The van der Waals surface area contributed by atoms with Crippen molar-refractivity contribution in [2.24, 2.45) is 0 Å². The zero-order chi connectivity index (χ0) is 20.6. The first-order chi connectivity index (χ1) is 13.4. The van der Waals surface area contributed by atoms with Gasteiger partial charge in [0.05, 0.1) is 20.3 Å². The second kappa shape index (κ2) is 9.79. The first-order valence-electron chi connectivity index (χ1n) is 9.20. The zero-order valence-electron chi connectivity index (χ0n) is 16.6. The van der Waals surface area contributed by atoms with Crippen LogP contribution in [0.15, 0.2) is 24.3 Å². The number of nitrogens with zero attached hydrogens (tertiary/aromatic N) is 2. The molecule has 0 bridgehead atoms. The summed E-state index contributed by atoms with van der Waals surface area (Å²) in [5.74, 6) is 0.170. The summed E-state index contributed by atoms with van der Waals surface area (Å²) >= 11 is 0. The van der Waals surface area contributed by atoms with Gasteiger partial charge >= 0.3 is 5.97 Å². The molecule has 7 heteroatoms. The second-order valence-electron chi connectivity index (χ2n) is 6.74. The van der Waals surface area contributed by atoms with Gasteiger partial charge in [-0.2, -0.15) is 5.26 Å². The van der Waals surface area contributed by atoms with Gasteiger partial charge in [-0.25, -0.2) is 4.79 Å². The monoisotopic (exact) mass is 386 g/mol. The van der Waals surface area contributed by atoms with Crippen molar-refractivity contribution in [1.29, 1.82) is 5.26 Å². The third-order valence-corrected chi connectivity index (χ3v) is 5.03. The number of esters is 1. The lowest BCUT2D eigenvalue weighted by molar-refractivity contribution is -0.150. The van der Waals surface area contributed by atoms with Crippen molar-refractivity contribution in [3.63, 3.8) is 0 Å². The molecule has 7 nitrogen and oxygen atoms in total. The Morgan fingerprint density at radius 1 is 1.14 bits per heavy atom. The smallest absolute Gasteiger partial charge is 0.331 e. The first kappa shape index (κ1) is 21.3. The molecule has 1 amide bonds. The molecular formula is C21H26N2O5. The molecule has 0 unspecified atom stereocenters. The molecule has 1 fully saturated rings. The van der Waals surface area contributed by atoms with Gasteiger partial charge in [0.25, 0.3) is 5.91 Å². The third kappa shape index (κ3) is 5.26. The van der Waals surface area contributed by atoms with E-state index in [2.05, 4.69) is 6.07 Å². The van der Waals surface area contributed by atoms with Gasteiger partial charge in [-0.3, -0.25) is 4.79 Å². The lowest BCUT2D eigenvalue weighted by atomic mass is 9.81. The van der Waals surface area contributed by atoms with E-state index in [-0.39, 0.29) is 5.91 Å². The van der Waals surface area contributed by atoms with Gasteiger partial charge in [-0.15, -0.1) is 0 Å². The molecule has 28 heavy (non-hydrogen) atoms. The highest BCUT2D eigenvalue weighted by Crippen LogP contribution is 2.32. The van der Waals surface area contributed by atoms with E-state index in [0.717, 1.165) is 19.3 Å². The minimum atomic E-state index is -0.797. The molecular weight excluding hydrogens is 360 g/mol. The van der Waals surface area contributed by atoms with E-state index < -0.39 is 18.1 Å². The summed E-state index contributed by atoms with van der Waals surface area (Å²) < 4.78 is 15.4. The molecule has 1 aliphatic rings. The van der Waals surface area contributed by atoms with E-state index in [1.165, 1.54) is 11.0 Å². The Morgan fingerprint density at radius 3 is 2.29 bits per heavy atom. The molecule has 1 aromatic rings. The summed E-state index contributed by atoms with van der Waals surface area (Å²) in [6, 6.07) is 7.49. The number of hydrogen-bond acceptors (Lipinski definition) is 6. The number of carbonyl (C=O) groups excluding carboxylic acids is 2. The summed E-state index contributed by atoms with van der Waals surface area (Å²) in [5.41, 5.74) is -0.100. The van der Waals surface area contributed by atoms with E-state index in [4.69, 9.17) is 14.2 Å². The number of methoxy groups -OCH3 is 2. The Kier molecular flexibility index (Phi) is 7.44. The third-order valence-electron chi connectivity index (χ3n) is 5.03. The Labute approximate surface area is 165 Å². The molecule has 1 aliphatic carbocycles. The van der Waals surface area contributed by atoms with Crippen LogP contribution in [0.2, 0.25) is 0 Å². The first-order valence-corrected chi connectivity index (χ1v) is 9.20. The fraction of sp³-hybridized carbons (Fsp3) is 0.476. The number of carbonyl (C=O) groups is 2. The molecule has 0 radical (unpaired) electrons. The molecule has 0 aromatic heterocycles. The maximum absolute atomic E-state index is 12.4. The van der Waals surface area contributed by atoms with Crippen molar-refractivity contribution in [3.05, 3.63) is 29.8 Å². The Bertz CT molecular complexity index is 753. The van der Waals surface area contributed by atoms with Gasteiger partial charge in [-0.1, -0.05) is 19.3 Å². The fourth-order valence-electron chi connectivity index (χ4n) is 3.27. The van der Waals surface area contributed by atoms with Gasteiger partial charge in [0.1, 0.15) is 17.0 Å². The Hall–Kier alpha value is -3.01. The number of likely N-dealkylation sites (N-methyl/N-ethyl adjacent to an activating group) is 1. The van der Waals surface area contributed by atoms with Gasteiger partial charge in [0.2, 0.25) is 0 Å². The number of benzene rings is 1. The number of amides is 1. The minimum absolute atomic E-state index is 0.381. The summed E-state index contributed by atoms with van der Waals surface area (Å²) in [4.78, 5) is 25.8. The molecule has 0 N–H and O–H groups in total. The normalized spacial score (nSPS) is 15.5. The van der Waals surface area contributed by atoms with E-state index in [9.17, 15) is 14.9 Å². The molecule has 1 saturated carbocycles. The highest BCUT2D eigenvalue weighted by Gasteiger charge is 2.38. The SMILES string of the molecule is COc1cc(/C=C/C(=O)OCC(=O)N(C)C2(C#N)CCCCC2)cc(OC)c1. The summed E-state index contributed by atoms with van der Waals surface area (Å²) in [6.07, 6.45) is 6.99. The largest absolute Gasteiger partial charge is 0.497 e. The number of rotatable bonds is 7. The molecule has 0 atom stereocenters. The molecule has 0 heterocycles. The van der Waals surface area contributed by atoms with Gasteiger partial charge in [0, 0.05) is 19.2 Å². The summed E-state index contributed by atoms with van der Waals surface area (Å²) in [5, 5.41) is 9.55. The van der Waals surface area contributed by atoms with Crippen LogP contribution >= 0.6 is 0 Å². The number of ether oxygens (including phenoxy) is 3. The van der Waals surface area contributed by atoms with Crippen molar-refractivity contribution in [1.82, 2.24) is 4.90 Å². The predicted molar refractivity (Wildman–Crippen MR) is 104 cm³/mol. The lowest BCUT2D eigenvalue weighted by Gasteiger charge is -2.38. The Balaban J connectivity index is 1.94. The van der Waals surface area contributed by atoms with Gasteiger partial charge in [-0.05, 0) is 36.6 Å². The maximum Gasteiger partial charge on any atom is 0.331 e. The molecule has 1 aromatic carbocycles.